The second-order valence-corrected chi connectivity index (χ2v) is 0. The molecule has 0 atom stereocenters. The Morgan fingerprint density at radius 2 is 0.133 bits per heavy atom. The van der Waals surface area contributed by atoms with Gasteiger partial charge in [-0.05, 0) is 110 Å². The zero-order valence-electron chi connectivity index (χ0n) is 2.50. The first-order valence-electron chi connectivity index (χ1n) is 0. The third kappa shape index (κ3) is 296. The van der Waals surface area contributed by atoms with Crippen molar-refractivity contribution in [2.45, 2.75) is 0 Å². The molecule has 0 radical (unpaired) electrons. The zero-order valence-corrected chi connectivity index (χ0v) is 7.50. The van der Waals surface area contributed by atoms with E-state index in [2.05, 4.69) is 0 Å². The van der Waals surface area contributed by atoms with Crippen molar-refractivity contribution >= 4 is 177 Å². The molecule has 0 aliphatic carbocycles. The van der Waals surface area contributed by atoms with Gasteiger partial charge >= 0.3 is 0 Å². The predicted molar refractivity (Wildman–Crippen MR) is 165 cm³/mol. The summed E-state index contributed by atoms with van der Waals surface area (Å²) < 4.78 is 0. The van der Waals surface area contributed by atoms with Gasteiger partial charge in [-0.3, -0.25) is 0 Å². The molecule has 0 bridgehead atoms. The highest BCUT2D eigenvalue weighted by molar-refractivity contribution is 7.60. The fourth-order valence-corrected chi connectivity index (χ4v) is 0. The maximum Gasteiger partial charge on any atom is -0.0149 e. The summed E-state index contributed by atoms with van der Waals surface area (Å²) in [6.07, 6.45) is 0. The van der Waals surface area contributed by atoms with E-state index < -0.39 is 0 Å². The van der Waals surface area contributed by atoms with Crippen LogP contribution in [0.3, 0.4) is 0 Å². The fraction of sp³-hybridized carbons (Fsp3) is 0. The summed E-state index contributed by atoms with van der Waals surface area (Å²) in [7, 11) is 0. The highest BCUT2D eigenvalue weighted by Crippen LogP contribution is 0.652. The fourth-order valence-electron chi connectivity index (χ4n) is 0. The molecule has 0 unspecified atom stereocenters. The minimum Gasteiger partial charge on any atom is -0.197 e. The lowest BCUT2D eigenvalue weighted by Gasteiger charge is -0.198. The molecule has 0 fully saturated rings. The Labute approximate surface area is 175 Å². The van der Waals surface area contributed by atoms with Crippen molar-refractivity contribution in [1.82, 2.24) is 0 Å². The normalized spacial score (nSPS) is 0. The van der Waals surface area contributed by atoms with Gasteiger partial charge in [0.05, 0.1) is 0 Å². The van der Waals surface area contributed by atoms with E-state index in [0.717, 1.165) is 0 Å². The van der Waals surface area contributed by atoms with Crippen LogP contribution >= 0.6 is 67.5 Å². The van der Waals surface area contributed by atoms with Crippen LogP contribution < -0.4 is 0 Å². The molecule has 0 aliphatic rings. The van der Waals surface area contributed by atoms with E-state index in [1.54, 1.807) is 0 Å². The van der Waals surface area contributed by atoms with Crippen LogP contribution in [0.25, 0.3) is 0 Å². The predicted octanol–water partition coefficient (Wildman–Crippen LogP) is -14.0. The molecular formula is H50S5Si10. The first-order valence-corrected chi connectivity index (χ1v) is 0. The van der Waals surface area contributed by atoms with Gasteiger partial charge in [-0.25, -0.2) is 0 Å². The van der Waals surface area contributed by atoms with Gasteiger partial charge < -0.3 is 0 Å². The second kappa shape index (κ2) is 334. The summed E-state index contributed by atoms with van der Waals surface area (Å²) in [5, 5.41) is 0. The molecule has 0 spiro atoms. The molecule has 0 heterocycles. The largest absolute Gasteiger partial charge is 0.197 e. The first-order chi connectivity index (χ1) is 0. The highest BCUT2D eigenvalue weighted by atomic mass is 32.1. The average Bonchev–Trinajstić information content (AvgIpc) is 0. The Hall–Kier alpha value is 3.92. The monoisotopic (exact) mass is 490 g/mol. The molecule has 0 aliphatic heterocycles. The van der Waals surface area contributed by atoms with Gasteiger partial charge in [0.25, 0.3) is 0 Å². The van der Waals surface area contributed by atoms with Crippen LogP contribution in [0.4, 0.5) is 0 Å². The van der Waals surface area contributed by atoms with E-state index in [9.17, 15) is 0 Å². The van der Waals surface area contributed by atoms with E-state index in [1.165, 1.54) is 0 Å². The third-order valence-electron chi connectivity index (χ3n) is 0. The third-order valence-corrected chi connectivity index (χ3v) is 0. The molecule has 0 saturated heterocycles. The lowest BCUT2D eigenvalue weighted by molar-refractivity contribution is 5.75. The van der Waals surface area contributed by atoms with Gasteiger partial charge in [-0.15, -0.1) is 0 Å². The maximum atomic E-state index is 0. The van der Waals surface area contributed by atoms with Gasteiger partial charge in [0.15, 0.2) is 0 Å². The van der Waals surface area contributed by atoms with E-state index in [-0.39, 0.29) is 177 Å². The van der Waals surface area contributed by atoms with Crippen LogP contribution in [0.15, 0.2) is 0 Å². The number of hydrogen-bond donors (Lipinski definition) is 0. The summed E-state index contributed by atoms with van der Waals surface area (Å²) in [6, 6.07) is 0. The smallest absolute Gasteiger partial charge is 0.0149 e. The summed E-state index contributed by atoms with van der Waals surface area (Å²) in [5.41, 5.74) is 0. The van der Waals surface area contributed by atoms with Crippen molar-refractivity contribution in [3.63, 3.8) is 0 Å². The first kappa shape index (κ1) is 396. The Bertz CT molecular complexity index is 13.8. The Balaban J connectivity index is 0. The van der Waals surface area contributed by atoms with E-state index in [4.69, 9.17) is 0 Å². The minimum atomic E-state index is 0. The molecule has 0 N–H and O–H groups in total. The van der Waals surface area contributed by atoms with Crippen LogP contribution in [-0.2, 0) is 0 Å². The van der Waals surface area contributed by atoms with Gasteiger partial charge in [0.1, 0.15) is 0 Å². The molecule has 15 heteroatoms. The van der Waals surface area contributed by atoms with Crippen LogP contribution in [-0.4, -0.2) is 110 Å². The molecule has 0 aromatic heterocycles. The lowest BCUT2D eigenvalue weighted by Crippen LogP contribution is -0.382. The van der Waals surface area contributed by atoms with Crippen LogP contribution in [0.1, 0.15) is 0 Å². The Morgan fingerprint density at radius 1 is 0.133 bits per heavy atom. The van der Waals surface area contributed by atoms with Gasteiger partial charge in [-0.1, -0.05) is 0 Å². The molecular weight excluding hydrogens is 441 g/mol. The Kier molecular flexibility index (Phi) is 8810. The van der Waals surface area contributed by atoms with Crippen molar-refractivity contribution in [2.75, 3.05) is 0 Å². The SMILES string of the molecule is S.S.S.S.S.[SiH4].[SiH4].[SiH4].[SiH4].[SiH4].[SiH4].[SiH4].[SiH4].[SiH4].[SiH4]. The summed E-state index contributed by atoms with van der Waals surface area (Å²) in [4.78, 5) is 0. The van der Waals surface area contributed by atoms with Crippen molar-refractivity contribution in [1.29, 1.82) is 0 Å². The standard InChI is InChI=1S/5H2S.10H4Si/h5*1H2;10*1H4. The van der Waals surface area contributed by atoms with E-state index in [1.807, 2.05) is 0 Å². The van der Waals surface area contributed by atoms with E-state index >= 15 is 0 Å². The summed E-state index contributed by atoms with van der Waals surface area (Å²) in [5.74, 6) is 0. The number of rotatable bonds is 0. The molecule has 120 valence electrons. The second-order valence-electron chi connectivity index (χ2n) is 0. The van der Waals surface area contributed by atoms with Crippen molar-refractivity contribution in [3.8, 4) is 0 Å². The van der Waals surface area contributed by atoms with Gasteiger partial charge in [-0.2, -0.15) is 67.5 Å². The van der Waals surface area contributed by atoms with Crippen LogP contribution in [0.5, 0.6) is 0 Å². The molecule has 0 amide bonds. The van der Waals surface area contributed by atoms with Crippen molar-refractivity contribution in [3.05, 3.63) is 0 Å². The summed E-state index contributed by atoms with van der Waals surface area (Å²) >= 11 is 0. The lowest BCUT2D eigenvalue weighted by atomic mass is 28.1. The van der Waals surface area contributed by atoms with Crippen molar-refractivity contribution in [2.24, 2.45) is 0 Å². The van der Waals surface area contributed by atoms with Crippen LogP contribution in [0, 0.1) is 0 Å². The highest BCUT2D eigenvalue weighted by Gasteiger charge is -0.00558. The molecule has 0 aromatic carbocycles. The maximum absolute atomic E-state index is 0. The molecule has 15 heavy (non-hydrogen) atoms. The van der Waals surface area contributed by atoms with Crippen LogP contribution in [0.2, 0.25) is 0 Å². The molecule has 0 aromatic rings. The van der Waals surface area contributed by atoms with Gasteiger partial charge in [0.2, 0.25) is 0 Å². The minimum absolute atomic E-state index is 0. The average molecular weight is 492 g/mol. The molecule has 0 nitrogen and oxygen atoms in total. The van der Waals surface area contributed by atoms with Crippen molar-refractivity contribution < 1.29 is 0 Å². The quantitative estimate of drug-likeness (QED) is 0.296. The van der Waals surface area contributed by atoms with Gasteiger partial charge in [0, 0.05) is 0 Å². The van der Waals surface area contributed by atoms with E-state index in [0.29, 0.717) is 0 Å². The Morgan fingerprint density at radius 3 is 0.133 bits per heavy atom. The number of hydrogen-bond acceptors (Lipinski definition) is 0. The summed E-state index contributed by atoms with van der Waals surface area (Å²) in [6.45, 7) is 0. The topological polar surface area (TPSA) is 0 Å². The molecule has 0 rings (SSSR count). The zero-order chi connectivity index (χ0) is 0. The molecule has 0 saturated carbocycles.